The van der Waals surface area contributed by atoms with Crippen molar-refractivity contribution in [2.75, 3.05) is 40.4 Å². The van der Waals surface area contributed by atoms with E-state index in [-0.39, 0.29) is 162 Å². The maximum Gasteiger partial charge on any atom is 5.00 e. The number of amides is 2. The number of hydrogen-bond donors (Lipinski definition) is 4. The number of carboxylic acid groups (broad SMARTS) is 2. The largest absolute Gasteiger partial charge is 5.00 e. The minimum absolute atomic E-state index is 0. The summed E-state index contributed by atoms with van der Waals surface area (Å²) in [6, 6.07) is 34.6. The third-order valence-corrected chi connectivity index (χ3v) is 13.3. The molecular formula is C71H79Cl2N7O28Tc4-6. The van der Waals surface area contributed by atoms with E-state index in [0.29, 0.717) is 98.0 Å². The number of aromatic nitrogens is 2. The zero-order valence-corrected chi connectivity index (χ0v) is 68.4. The Balaban J connectivity index is -0.0000000864. The van der Waals surface area contributed by atoms with Gasteiger partial charge in [-0.2, -0.15) is 17.4 Å². The molecule has 0 fully saturated rings. The van der Waals surface area contributed by atoms with E-state index in [1.54, 1.807) is 120 Å². The normalized spacial score (nSPS) is 7.98. The molecule has 614 valence electrons. The van der Waals surface area contributed by atoms with Crippen molar-refractivity contribution >= 4 is 179 Å². The summed E-state index contributed by atoms with van der Waals surface area (Å²) < 4.78 is 14.0. The molecule has 6 aromatic carbocycles. The van der Waals surface area contributed by atoms with Crippen LogP contribution in [0.15, 0.2) is 121 Å². The molecule has 35 nitrogen and oxygen atoms in total. The number of rotatable bonds is 20. The van der Waals surface area contributed by atoms with Crippen LogP contribution in [-0.4, -0.2) is 210 Å². The van der Waals surface area contributed by atoms with Gasteiger partial charge >= 0.3 is 40.2 Å². The molecule has 2 amide bonds. The molecule has 0 aliphatic rings. The summed E-state index contributed by atoms with van der Waals surface area (Å²) in [5.41, 5.74) is 16.5. The number of halogens is 2. The Bertz CT molecular complexity index is 3810. The Morgan fingerprint density at radius 1 is 0.446 bits per heavy atom. The fraction of sp³-hybridized carbons (Fsp3) is 0.169. The molecule has 41 heteroatoms. The topological polar surface area (TPSA) is 641 Å². The molecule has 2 heterocycles. The minimum Gasteiger partial charge on any atom is -0.733 e. The SMILES string of the molecule is COc1ccc2c(c1)c(CC(=O)NCCc1ccc([N-]CC(=O)O)c([NH-])c1)c(C)n2C(=O)c1ccc(Cl)cc1.O.O.O.O.O.O.[CH-]=O.[CH-]=O.[CH-]=O.[CH-]=O.[CH-]=O.[CH-]=O.[CH-]=O.[CH-]=O.[CH-]=O.[CH-]=O.[CH-]=O.[CH-]=O.[CH2-]c1ccc(CCNC(=O)Cc2c(C)n(C(=O)c3ccc(Cl)cc3)c3ccc(OC)cc23)cc1[N-]CC(=O)O.[Tc+5].[Tc+5].[Tc].[Tc]. The molecule has 0 unspecified atom stereocenters. The molecule has 8 aromatic rings. The van der Waals surface area contributed by atoms with Gasteiger partial charge < -0.3 is 137 Å². The van der Waals surface area contributed by atoms with Gasteiger partial charge in [-0.3, -0.25) is 125 Å². The number of hydrogen-bond acceptors (Lipinski definition) is 20. The summed E-state index contributed by atoms with van der Waals surface area (Å²) in [5.74, 6) is -1.69. The fourth-order valence-electron chi connectivity index (χ4n) is 8.82. The second-order valence-electron chi connectivity index (χ2n) is 18.0. The Kier molecular flexibility index (Phi) is 108. The second kappa shape index (κ2) is 86.1. The van der Waals surface area contributed by atoms with Crippen molar-refractivity contribution in [1.29, 1.82) is 0 Å². The molecule has 17 N–H and O–H groups in total. The number of benzene rings is 6. The molecule has 0 aliphatic carbocycles. The standard InChI is InChI=1S/C30H28ClN3O5.C29H27ClN4O5.12CHO.6H2O.4Tc/c1-18-4-5-20(14-26(18)33-17-29(36)37)12-13-32-28(35)16-24-19(2)34(27-11-10-23(39-3)15-25(24)27)30(38)21-6-8-22(31)9-7-21;1-17-22(15-27(35)32-12-11-18-3-9-25(24(31)13-18)33-16-28(36)37)23-14-21(39-2)8-10-26(23)34(17)29(38)19-4-6-20(30)7-5-19;12*1-2;;;;;;;;;;/h4-11,14-15H,1,12-13,16-17H2,2-3H3,(H,32,35)(H,36,37);3-10,13-14,31H,11-12,15-16H2,1-2H3,(H,32,35)(H,36,37);12*1H;6*1H2;;;;/q2*-2;12*-1;;;;;;;;;2*+5. The van der Waals surface area contributed by atoms with Crippen molar-refractivity contribution in [3.05, 3.63) is 205 Å². The Hall–Kier alpha value is -10.5. The molecule has 8 rings (SSSR count). The number of ether oxygens (including phenoxy) is 2. The average molecular weight is 1940 g/mol. The fourth-order valence-corrected chi connectivity index (χ4v) is 9.08. The maximum atomic E-state index is 13.5. The summed E-state index contributed by atoms with van der Waals surface area (Å²) in [7, 11) is 3.13. The predicted octanol–water partition coefficient (Wildman–Crippen LogP) is 3.20. The van der Waals surface area contributed by atoms with Crippen LogP contribution in [0.4, 0.5) is 17.1 Å². The van der Waals surface area contributed by atoms with Crippen molar-refractivity contribution in [3.8, 4) is 11.5 Å². The van der Waals surface area contributed by atoms with Crippen LogP contribution in [0.1, 0.15) is 59.9 Å². The van der Waals surface area contributed by atoms with Gasteiger partial charge in [-0.25, -0.2) is 12.5 Å². The van der Waals surface area contributed by atoms with E-state index in [4.69, 9.17) is 106 Å². The Morgan fingerprint density at radius 3 is 1.04 bits per heavy atom. The van der Waals surface area contributed by atoms with E-state index >= 15 is 0 Å². The summed E-state index contributed by atoms with van der Waals surface area (Å²) in [6.45, 7) is 46.5. The molecule has 0 atom stereocenters. The van der Waals surface area contributed by atoms with Crippen molar-refractivity contribution in [2.45, 2.75) is 39.5 Å². The van der Waals surface area contributed by atoms with Crippen LogP contribution in [0, 0.1) is 20.8 Å². The molecule has 2 aromatic heterocycles. The van der Waals surface area contributed by atoms with Gasteiger partial charge in [0, 0.05) is 96.6 Å². The molecule has 0 saturated heterocycles. The van der Waals surface area contributed by atoms with Gasteiger partial charge in [0.05, 0.1) is 38.1 Å². The Labute approximate surface area is 709 Å². The summed E-state index contributed by atoms with van der Waals surface area (Å²) in [5, 5.41) is 34.0. The minimum atomic E-state index is -1.06. The van der Waals surface area contributed by atoms with Crippen LogP contribution in [0.3, 0.4) is 0 Å². The predicted molar refractivity (Wildman–Crippen MR) is 405 cm³/mol. The zero-order valence-electron chi connectivity index (χ0n) is 59.5. The van der Waals surface area contributed by atoms with Gasteiger partial charge in [0.15, 0.2) is 0 Å². The monoisotopic (exact) mass is 1940 g/mol. The van der Waals surface area contributed by atoms with E-state index in [1.807, 2.05) is 38.1 Å². The third kappa shape index (κ3) is 46.9. The van der Waals surface area contributed by atoms with E-state index in [2.05, 4.69) is 110 Å². The summed E-state index contributed by atoms with van der Waals surface area (Å²) in [4.78, 5) is 167. The van der Waals surface area contributed by atoms with Crippen molar-refractivity contribution < 1.29 is 219 Å². The first kappa shape index (κ1) is 140. The van der Waals surface area contributed by atoms with Crippen LogP contribution >= 0.6 is 23.2 Å². The van der Waals surface area contributed by atoms with Crippen LogP contribution in [0.5, 0.6) is 11.5 Å². The number of carbonyl (C=O) groups excluding carboxylic acids is 16. The first-order valence-corrected chi connectivity index (χ1v) is 28.0. The van der Waals surface area contributed by atoms with Gasteiger partial charge in [-0.15, -0.1) is 12.1 Å². The zero-order chi connectivity index (χ0) is 80.2. The van der Waals surface area contributed by atoms with Crippen LogP contribution in [0.2, 0.25) is 10.0 Å². The number of fused-ring (bicyclic) bond motifs is 2. The number of nitrogens with zero attached hydrogens (tertiary/aromatic N) is 4. The quantitative estimate of drug-likeness (QED) is 0.0628. The number of aliphatic carboxylic acids is 2. The molecule has 0 saturated carbocycles. The molecule has 0 bridgehead atoms. The number of carbonyl (C=O) groups is 6. The first-order chi connectivity index (χ1) is 49.3. The maximum absolute atomic E-state index is 13.5. The van der Waals surface area contributed by atoms with Gasteiger partial charge in [0.2, 0.25) is 11.8 Å². The summed E-state index contributed by atoms with van der Waals surface area (Å²) >= 11 is 12.0. The van der Waals surface area contributed by atoms with E-state index in [0.717, 1.165) is 33.0 Å². The molecular weight excluding hydrogens is 1860 g/mol. The van der Waals surface area contributed by atoms with Gasteiger partial charge in [0.25, 0.3) is 23.8 Å². The number of carboxylic acids is 2. The van der Waals surface area contributed by atoms with E-state index in [9.17, 15) is 28.8 Å². The smallest absolute Gasteiger partial charge is 0.733 e. The summed E-state index contributed by atoms with van der Waals surface area (Å²) in [6.07, 6.45) is 1.16. The van der Waals surface area contributed by atoms with Gasteiger partial charge in [0.1, 0.15) is 11.5 Å². The van der Waals surface area contributed by atoms with Crippen LogP contribution < -0.4 is 20.1 Å². The van der Waals surface area contributed by atoms with E-state index < -0.39 is 18.5 Å². The Morgan fingerprint density at radius 2 is 0.741 bits per heavy atom. The van der Waals surface area contributed by atoms with Crippen LogP contribution in [0.25, 0.3) is 38.2 Å². The van der Waals surface area contributed by atoms with Gasteiger partial charge in [-0.1, -0.05) is 47.0 Å². The number of methoxy groups -OCH3 is 2. The van der Waals surface area contributed by atoms with E-state index in [1.165, 1.54) is 0 Å². The van der Waals surface area contributed by atoms with Crippen molar-refractivity contribution in [1.82, 2.24) is 19.8 Å². The van der Waals surface area contributed by atoms with Gasteiger partial charge in [-0.05, 0) is 141 Å². The third-order valence-electron chi connectivity index (χ3n) is 12.8. The molecule has 112 heavy (non-hydrogen) atoms. The number of nitrogens with one attached hydrogen (secondary N) is 3. The molecule has 2 radical (unpaired) electrons. The molecule has 0 spiro atoms. The molecule has 0 aliphatic heterocycles. The average Bonchev–Trinajstić information content (AvgIpc) is 1.62. The first-order valence-electron chi connectivity index (χ1n) is 27.3. The van der Waals surface area contributed by atoms with Crippen molar-refractivity contribution in [3.63, 3.8) is 0 Å². The van der Waals surface area contributed by atoms with Crippen LogP contribution in [-0.2, 0) is 183 Å². The van der Waals surface area contributed by atoms with Crippen molar-refractivity contribution in [2.24, 2.45) is 0 Å². The second-order valence-corrected chi connectivity index (χ2v) is 18.8.